The van der Waals surface area contributed by atoms with Crippen LogP contribution in [0.3, 0.4) is 0 Å². The topological polar surface area (TPSA) is 135 Å². The zero-order valence-electron chi connectivity index (χ0n) is 23.8. The Morgan fingerprint density at radius 3 is 1.58 bits per heavy atom. The quantitative estimate of drug-likeness (QED) is 0.157. The summed E-state index contributed by atoms with van der Waals surface area (Å²) < 4.78 is 24.8. The predicted octanol–water partition coefficient (Wildman–Crippen LogP) is 2.77. The van der Waals surface area contributed by atoms with Crippen LogP contribution in [-0.2, 0) is 23.6 Å². The van der Waals surface area contributed by atoms with E-state index in [0.29, 0.717) is 56.2 Å². The fourth-order valence-electron chi connectivity index (χ4n) is 5.72. The van der Waals surface area contributed by atoms with Gasteiger partial charge >= 0.3 is 20.2 Å². The first-order chi connectivity index (χ1) is 21.8. The van der Waals surface area contributed by atoms with E-state index in [9.17, 15) is 24.9 Å². The molecule has 5 aromatic carbocycles. The summed E-state index contributed by atoms with van der Waals surface area (Å²) in [7, 11) is -3.08. The number of hydrogen-bond acceptors (Lipinski definition) is 9. The maximum absolute atomic E-state index is 13.2. The van der Waals surface area contributed by atoms with Crippen molar-refractivity contribution >= 4 is 31.1 Å². The molecule has 0 saturated heterocycles. The molecule has 0 radical (unpaired) electrons. The predicted molar refractivity (Wildman–Crippen MR) is 166 cm³/mol. The zero-order valence-corrected chi connectivity index (χ0v) is 23.8. The van der Waals surface area contributed by atoms with Gasteiger partial charge in [0.2, 0.25) is 0 Å². The van der Waals surface area contributed by atoms with E-state index in [1.54, 1.807) is 84.9 Å². The number of benzene rings is 5. The second-order valence-electron chi connectivity index (χ2n) is 10.8. The monoisotopic (exact) mass is 600 g/mol. The first-order valence-corrected chi connectivity index (χ1v) is 14.3. The maximum atomic E-state index is 13.2. The molecule has 2 aliphatic rings. The molecule has 0 atom stereocenters. The third-order valence-electron chi connectivity index (χ3n) is 8.02. The Kier molecular flexibility index (Phi) is 7.31. The number of esters is 1. The van der Waals surface area contributed by atoms with Crippen molar-refractivity contribution in [3.8, 4) is 23.0 Å². The molecule has 4 N–H and O–H groups in total. The third-order valence-corrected chi connectivity index (χ3v) is 8.02. The third kappa shape index (κ3) is 5.22. The zero-order chi connectivity index (χ0) is 31.1. The van der Waals surface area contributed by atoms with Crippen LogP contribution in [0.25, 0.3) is 0 Å². The SMILES string of the molecule is O=C1OC2(c3ccc(OCc4ccc(B(O)O)cc4)cc3Oc3cc(OCc4ccc(B(O)O)cc4)ccc32)c2ccccc21. The van der Waals surface area contributed by atoms with Gasteiger partial charge in [0.15, 0.2) is 5.60 Å². The molecule has 0 saturated carbocycles. The van der Waals surface area contributed by atoms with E-state index >= 15 is 0 Å². The summed E-state index contributed by atoms with van der Waals surface area (Å²) in [5, 5.41) is 37.4. The largest absolute Gasteiger partial charge is 0.489 e. The van der Waals surface area contributed by atoms with Crippen molar-refractivity contribution in [2.24, 2.45) is 0 Å². The molecule has 2 heterocycles. The van der Waals surface area contributed by atoms with Crippen molar-refractivity contribution in [2.75, 3.05) is 0 Å². The lowest BCUT2D eigenvalue weighted by Crippen LogP contribution is -2.33. The van der Waals surface area contributed by atoms with Gasteiger partial charge in [-0.3, -0.25) is 0 Å². The summed E-state index contributed by atoms with van der Waals surface area (Å²) in [6.07, 6.45) is 0. The maximum Gasteiger partial charge on any atom is 0.488 e. The molecule has 9 nitrogen and oxygen atoms in total. The molecule has 0 bridgehead atoms. The lowest BCUT2D eigenvalue weighted by molar-refractivity contribution is 0.0224. The van der Waals surface area contributed by atoms with Gasteiger partial charge in [-0.1, -0.05) is 66.7 Å². The number of carbonyl (C=O) groups is 1. The van der Waals surface area contributed by atoms with Gasteiger partial charge in [0.05, 0.1) is 5.56 Å². The molecule has 0 fully saturated rings. The molecule has 1 spiro atoms. The molecular weight excluding hydrogens is 574 g/mol. The van der Waals surface area contributed by atoms with Gasteiger partial charge in [-0.25, -0.2) is 4.79 Å². The smallest absolute Gasteiger partial charge is 0.488 e. The van der Waals surface area contributed by atoms with E-state index < -0.39 is 25.8 Å². The summed E-state index contributed by atoms with van der Waals surface area (Å²) in [6, 6.07) is 31.6. The van der Waals surface area contributed by atoms with Gasteiger partial charge in [-0.2, -0.15) is 0 Å². The number of hydrogen-bond donors (Lipinski definition) is 4. The van der Waals surface area contributed by atoms with E-state index in [2.05, 4.69) is 0 Å². The average molecular weight is 600 g/mol. The minimum absolute atomic E-state index is 0.233. The molecule has 0 aliphatic carbocycles. The van der Waals surface area contributed by atoms with E-state index in [0.717, 1.165) is 11.1 Å². The molecule has 222 valence electrons. The molecule has 0 unspecified atom stereocenters. The van der Waals surface area contributed by atoms with Crippen LogP contribution in [0, 0.1) is 0 Å². The van der Waals surface area contributed by atoms with Crippen LogP contribution < -0.4 is 25.1 Å². The molecule has 0 amide bonds. The van der Waals surface area contributed by atoms with Crippen molar-refractivity contribution in [1.82, 2.24) is 0 Å². The van der Waals surface area contributed by atoms with E-state index in [-0.39, 0.29) is 13.2 Å². The molecule has 45 heavy (non-hydrogen) atoms. The van der Waals surface area contributed by atoms with Crippen LogP contribution >= 0.6 is 0 Å². The van der Waals surface area contributed by atoms with Crippen LogP contribution in [0.5, 0.6) is 23.0 Å². The minimum Gasteiger partial charge on any atom is -0.489 e. The van der Waals surface area contributed by atoms with Gasteiger partial charge in [0.1, 0.15) is 36.2 Å². The van der Waals surface area contributed by atoms with Crippen molar-refractivity contribution in [1.29, 1.82) is 0 Å². The molecule has 11 heteroatoms. The van der Waals surface area contributed by atoms with E-state index in [1.165, 1.54) is 0 Å². The van der Waals surface area contributed by atoms with Crippen molar-refractivity contribution in [2.45, 2.75) is 18.8 Å². The standard InChI is InChI=1S/C34H26B2O9/c37-33-27-3-1-2-4-28(27)34(45-33)29-15-13-25(42-19-21-5-9-23(10-6-21)35(38)39)17-31(29)44-32-18-26(14-16-30(32)34)43-20-22-7-11-24(12-8-22)36(40)41/h1-18,38-41H,19-20H2. The summed E-state index contributed by atoms with van der Waals surface area (Å²) in [4.78, 5) is 13.2. The van der Waals surface area contributed by atoms with Gasteiger partial charge in [0.25, 0.3) is 0 Å². The van der Waals surface area contributed by atoms with Crippen LogP contribution in [0.2, 0.25) is 0 Å². The van der Waals surface area contributed by atoms with Gasteiger partial charge in [-0.15, -0.1) is 0 Å². The van der Waals surface area contributed by atoms with Crippen molar-refractivity contribution in [3.05, 3.63) is 143 Å². The Hall–Kier alpha value is -5.06. The van der Waals surface area contributed by atoms with E-state index in [1.807, 2.05) is 24.3 Å². The number of fused-ring (bicyclic) bond motifs is 6. The first-order valence-electron chi connectivity index (χ1n) is 14.3. The fraction of sp³-hybridized carbons (Fsp3) is 0.0882. The highest BCUT2D eigenvalue weighted by atomic mass is 16.6. The summed E-state index contributed by atoms with van der Waals surface area (Å²) in [6.45, 7) is 0.465. The summed E-state index contributed by atoms with van der Waals surface area (Å²) in [5.41, 5.74) is 3.70. The number of ether oxygens (including phenoxy) is 4. The highest BCUT2D eigenvalue weighted by Gasteiger charge is 2.53. The summed E-state index contributed by atoms with van der Waals surface area (Å²) >= 11 is 0. The molecule has 0 aromatic heterocycles. The Bertz CT molecular complexity index is 1780. The van der Waals surface area contributed by atoms with Gasteiger partial charge < -0.3 is 39.0 Å². The Morgan fingerprint density at radius 2 is 1.09 bits per heavy atom. The Balaban J connectivity index is 1.21. The van der Waals surface area contributed by atoms with Crippen molar-refractivity contribution in [3.63, 3.8) is 0 Å². The number of carbonyl (C=O) groups excluding carboxylic acids is 1. The summed E-state index contributed by atoms with van der Waals surface area (Å²) in [5.74, 6) is 1.54. The van der Waals surface area contributed by atoms with Crippen molar-refractivity contribution < 1.29 is 43.8 Å². The molecule has 2 aliphatic heterocycles. The van der Waals surface area contributed by atoms with Crippen LogP contribution in [0.1, 0.15) is 38.2 Å². The van der Waals surface area contributed by atoms with E-state index in [4.69, 9.17) is 18.9 Å². The lowest BCUT2D eigenvalue weighted by Gasteiger charge is -2.36. The lowest BCUT2D eigenvalue weighted by atomic mass is 9.77. The van der Waals surface area contributed by atoms with Crippen LogP contribution in [0.15, 0.2) is 109 Å². The molecule has 7 rings (SSSR count). The van der Waals surface area contributed by atoms with Crippen LogP contribution in [-0.4, -0.2) is 40.3 Å². The van der Waals surface area contributed by atoms with Gasteiger partial charge in [0, 0.05) is 28.8 Å². The Morgan fingerprint density at radius 1 is 0.600 bits per heavy atom. The second kappa shape index (κ2) is 11.5. The average Bonchev–Trinajstić information content (AvgIpc) is 3.35. The molecular formula is C34H26B2O9. The Labute approximate surface area is 259 Å². The highest BCUT2D eigenvalue weighted by molar-refractivity contribution is 6.58. The van der Waals surface area contributed by atoms with Crippen LogP contribution in [0.4, 0.5) is 0 Å². The normalized spacial score (nSPS) is 13.6. The highest BCUT2D eigenvalue weighted by Crippen LogP contribution is 2.57. The molecule has 5 aromatic rings. The van der Waals surface area contributed by atoms with Gasteiger partial charge in [-0.05, 0) is 52.4 Å². The fourth-order valence-corrected chi connectivity index (χ4v) is 5.72. The number of rotatable bonds is 8. The first kappa shape index (κ1) is 28.7. The minimum atomic E-state index is -1.54. The second-order valence-corrected chi connectivity index (χ2v) is 10.8.